The Bertz CT molecular complexity index is 413. The summed E-state index contributed by atoms with van der Waals surface area (Å²) in [7, 11) is 0. The summed E-state index contributed by atoms with van der Waals surface area (Å²) in [6, 6.07) is 1.42. The second kappa shape index (κ2) is 3.79. The first-order valence-electron chi connectivity index (χ1n) is 3.47. The molecule has 0 aromatic carbocycles. The number of nitriles is 1. The van der Waals surface area contributed by atoms with Gasteiger partial charge in [0.15, 0.2) is 6.29 Å². The Hall–Kier alpha value is -2.03. The normalized spacial score (nSPS) is 9.86. The van der Waals surface area contributed by atoms with Crippen LogP contribution in [0.5, 0.6) is 5.75 Å². The van der Waals surface area contributed by atoms with Gasteiger partial charge in [-0.15, -0.1) is 0 Å². The highest BCUT2D eigenvalue weighted by atomic mass is 19.3. The molecule has 0 fully saturated rings. The standard InChI is InChI=1S/C8H4F2N2O2/c9-8(10)7-4(3-13)6(14)2-12-5(7)1-11/h2-3,8,14H. The summed E-state index contributed by atoms with van der Waals surface area (Å²) < 4.78 is 24.8. The third-order valence-corrected chi connectivity index (χ3v) is 1.58. The molecule has 0 aliphatic rings. The van der Waals surface area contributed by atoms with Crippen molar-refractivity contribution in [3.63, 3.8) is 0 Å². The van der Waals surface area contributed by atoms with Gasteiger partial charge in [-0.25, -0.2) is 13.8 Å². The molecule has 14 heavy (non-hydrogen) atoms. The van der Waals surface area contributed by atoms with Crippen molar-refractivity contribution in [2.24, 2.45) is 0 Å². The zero-order valence-electron chi connectivity index (χ0n) is 6.74. The third kappa shape index (κ3) is 1.52. The van der Waals surface area contributed by atoms with Gasteiger partial charge in [0.2, 0.25) is 0 Å². The Morgan fingerprint density at radius 1 is 1.64 bits per heavy atom. The monoisotopic (exact) mass is 198 g/mol. The van der Waals surface area contributed by atoms with Crippen molar-refractivity contribution in [3.8, 4) is 11.8 Å². The van der Waals surface area contributed by atoms with Crippen molar-refractivity contribution in [1.82, 2.24) is 4.98 Å². The van der Waals surface area contributed by atoms with E-state index < -0.39 is 29.0 Å². The van der Waals surface area contributed by atoms with Crippen LogP contribution in [0.15, 0.2) is 6.20 Å². The minimum atomic E-state index is -3.02. The topological polar surface area (TPSA) is 74.0 Å². The van der Waals surface area contributed by atoms with E-state index in [1.807, 2.05) is 0 Å². The maximum Gasteiger partial charge on any atom is 0.267 e. The molecule has 0 saturated heterocycles. The van der Waals surface area contributed by atoms with E-state index in [2.05, 4.69) is 4.98 Å². The zero-order valence-corrected chi connectivity index (χ0v) is 6.74. The van der Waals surface area contributed by atoms with Gasteiger partial charge < -0.3 is 5.11 Å². The number of hydrogen-bond donors (Lipinski definition) is 1. The maximum atomic E-state index is 12.4. The summed E-state index contributed by atoms with van der Waals surface area (Å²) in [4.78, 5) is 13.7. The Morgan fingerprint density at radius 2 is 2.29 bits per heavy atom. The van der Waals surface area contributed by atoms with Crippen molar-refractivity contribution in [2.75, 3.05) is 0 Å². The van der Waals surface area contributed by atoms with E-state index >= 15 is 0 Å². The van der Waals surface area contributed by atoms with Gasteiger partial charge in [-0.05, 0) is 0 Å². The molecule has 1 aromatic heterocycles. The largest absolute Gasteiger partial charge is 0.506 e. The van der Waals surface area contributed by atoms with E-state index in [0.717, 1.165) is 6.20 Å². The molecular weight excluding hydrogens is 194 g/mol. The van der Waals surface area contributed by atoms with Gasteiger partial charge in [0.25, 0.3) is 6.43 Å². The molecule has 0 spiro atoms. The first kappa shape index (κ1) is 10.1. The van der Waals surface area contributed by atoms with Crippen LogP contribution in [-0.2, 0) is 0 Å². The number of alkyl halides is 2. The molecule has 1 heterocycles. The summed E-state index contributed by atoms with van der Waals surface area (Å²) in [5.41, 5.74) is -1.98. The van der Waals surface area contributed by atoms with Gasteiger partial charge in [0.1, 0.15) is 17.5 Å². The molecule has 0 bridgehead atoms. The van der Waals surface area contributed by atoms with Crippen LogP contribution >= 0.6 is 0 Å². The van der Waals surface area contributed by atoms with Crippen LogP contribution in [0, 0.1) is 11.3 Å². The van der Waals surface area contributed by atoms with Gasteiger partial charge in [-0.2, -0.15) is 5.26 Å². The lowest BCUT2D eigenvalue weighted by Gasteiger charge is -2.05. The van der Waals surface area contributed by atoms with Crippen LogP contribution in [0.4, 0.5) is 8.78 Å². The number of carbonyl (C=O) groups is 1. The number of aromatic hydroxyl groups is 1. The van der Waals surface area contributed by atoms with Crippen LogP contribution in [0.25, 0.3) is 0 Å². The number of aldehydes is 1. The molecule has 0 radical (unpaired) electrons. The molecule has 1 aromatic rings. The van der Waals surface area contributed by atoms with Gasteiger partial charge in [-0.1, -0.05) is 0 Å². The van der Waals surface area contributed by atoms with E-state index in [1.54, 1.807) is 0 Å². The number of aromatic nitrogens is 1. The Morgan fingerprint density at radius 3 is 2.71 bits per heavy atom. The fourth-order valence-corrected chi connectivity index (χ4v) is 0.964. The molecule has 72 valence electrons. The van der Waals surface area contributed by atoms with Gasteiger partial charge in [-0.3, -0.25) is 4.79 Å². The molecule has 1 N–H and O–H groups in total. The van der Waals surface area contributed by atoms with E-state index in [1.165, 1.54) is 6.07 Å². The van der Waals surface area contributed by atoms with Crippen LogP contribution in [0.2, 0.25) is 0 Å². The lowest BCUT2D eigenvalue weighted by Crippen LogP contribution is -2.00. The van der Waals surface area contributed by atoms with E-state index in [4.69, 9.17) is 10.4 Å². The minimum Gasteiger partial charge on any atom is -0.506 e. The molecule has 0 aliphatic carbocycles. The van der Waals surface area contributed by atoms with E-state index in [0.29, 0.717) is 0 Å². The second-order valence-corrected chi connectivity index (χ2v) is 2.35. The molecule has 0 amide bonds. The van der Waals surface area contributed by atoms with Crippen molar-refractivity contribution < 1.29 is 18.7 Å². The van der Waals surface area contributed by atoms with E-state index in [9.17, 15) is 13.6 Å². The predicted octanol–water partition coefficient (Wildman–Crippen LogP) is 1.41. The minimum absolute atomic E-state index is 0.0688. The number of rotatable bonds is 2. The number of nitrogens with zero attached hydrogens (tertiary/aromatic N) is 2. The average Bonchev–Trinajstić information content (AvgIpc) is 2.17. The number of pyridine rings is 1. The second-order valence-electron chi connectivity index (χ2n) is 2.35. The SMILES string of the molecule is N#Cc1ncc(O)c(C=O)c1C(F)F. The highest BCUT2D eigenvalue weighted by Crippen LogP contribution is 2.29. The summed E-state index contributed by atoms with van der Waals surface area (Å²) >= 11 is 0. The van der Waals surface area contributed by atoms with Gasteiger partial charge >= 0.3 is 0 Å². The maximum absolute atomic E-state index is 12.4. The Labute approximate surface area is 77.4 Å². The van der Waals surface area contributed by atoms with Crippen LogP contribution < -0.4 is 0 Å². The Kier molecular flexibility index (Phi) is 2.72. The summed E-state index contributed by atoms with van der Waals surface area (Å²) in [6.45, 7) is 0. The molecule has 4 nitrogen and oxygen atoms in total. The van der Waals surface area contributed by atoms with Crippen LogP contribution in [0.1, 0.15) is 28.0 Å². The van der Waals surface area contributed by atoms with Crippen molar-refractivity contribution in [2.45, 2.75) is 6.43 Å². The summed E-state index contributed by atoms with van der Waals surface area (Å²) in [5, 5.41) is 17.5. The first-order chi connectivity index (χ1) is 6.61. The highest BCUT2D eigenvalue weighted by Gasteiger charge is 2.21. The molecule has 0 saturated carbocycles. The van der Waals surface area contributed by atoms with E-state index in [-0.39, 0.29) is 6.29 Å². The molecule has 0 atom stereocenters. The van der Waals surface area contributed by atoms with Gasteiger partial charge in [0.05, 0.1) is 17.3 Å². The number of hydrogen-bond acceptors (Lipinski definition) is 4. The number of halogens is 2. The lowest BCUT2D eigenvalue weighted by molar-refractivity contribution is 0.110. The van der Waals surface area contributed by atoms with Crippen LogP contribution in [0.3, 0.4) is 0 Å². The molecule has 6 heteroatoms. The molecule has 1 rings (SSSR count). The average molecular weight is 198 g/mol. The van der Waals surface area contributed by atoms with Crippen LogP contribution in [-0.4, -0.2) is 16.4 Å². The predicted molar refractivity (Wildman–Crippen MR) is 41.0 cm³/mol. The fourth-order valence-electron chi connectivity index (χ4n) is 0.964. The Balaban J connectivity index is 3.54. The number of carbonyl (C=O) groups excluding carboxylic acids is 1. The van der Waals surface area contributed by atoms with Crippen molar-refractivity contribution in [1.29, 1.82) is 5.26 Å². The summed E-state index contributed by atoms with van der Waals surface area (Å²) in [5.74, 6) is -0.658. The molecular formula is C8H4F2N2O2. The molecule has 0 aliphatic heterocycles. The van der Waals surface area contributed by atoms with Gasteiger partial charge in [0, 0.05) is 0 Å². The zero-order chi connectivity index (χ0) is 10.7. The van der Waals surface area contributed by atoms with Crippen molar-refractivity contribution >= 4 is 6.29 Å². The lowest BCUT2D eigenvalue weighted by atomic mass is 10.1. The van der Waals surface area contributed by atoms with Crippen molar-refractivity contribution in [3.05, 3.63) is 23.0 Å². The quantitative estimate of drug-likeness (QED) is 0.729. The third-order valence-electron chi connectivity index (χ3n) is 1.58. The molecule has 0 unspecified atom stereocenters. The highest BCUT2D eigenvalue weighted by molar-refractivity contribution is 5.82. The smallest absolute Gasteiger partial charge is 0.267 e. The fraction of sp³-hybridized carbons (Fsp3) is 0.125. The first-order valence-corrected chi connectivity index (χ1v) is 3.47. The summed E-state index contributed by atoms with van der Waals surface area (Å²) in [6.07, 6.45) is -2.17.